The Bertz CT molecular complexity index is 1030. The minimum atomic E-state index is -4.17. The molecule has 1 saturated heterocycles. The number of amides is 2. The molecule has 1 saturated carbocycles. The maximum absolute atomic E-state index is 12.9. The van der Waals surface area contributed by atoms with Crippen LogP contribution in [-0.4, -0.2) is 67.2 Å². The molecule has 2 N–H and O–H groups in total. The Hall–Kier alpha value is -2.44. The summed E-state index contributed by atoms with van der Waals surface area (Å²) in [5.41, 5.74) is -1.29. The van der Waals surface area contributed by atoms with E-state index in [2.05, 4.69) is 27.8 Å². The van der Waals surface area contributed by atoms with Crippen LogP contribution in [-0.2, 0) is 28.6 Å². The van der Waals surface area contributed by atoms with Gasteiger partial charge in [-0.15, -0.1) is 6.58 Å². The van der Waals surface area contributed by atoms with Gasteiger partial charge in [0, 0.05) is 16.8 Å². The van der Waals surface area contributed by atoms with Gasteiger partial charge in [-0.1, -0.05) is 22.0 Å². The number of rotatable bonds is 8. The molecule has 2 aliphatic rings. The van der Waals surface area contributed by atoms with Crippen molar-refractivity contribution in [1.29, 1.82) is 0 Å². The number of halogens is 1. The summed E-state index contributed by atoms with van der Waals surface area (Å²) in [6.07, 6.45) is -0.844. The van der Waals surface area contributed by atoms with Crippen LogP contribution in [0.15, 0.2) is 46.3 Å². The highest BCUT2D eigenvalue weighted by atomic mass is 79.9. The molecule has 0 spiro atoms. The average molecular weight is 531 g/mol. The molecule has 1 aromatic carbocycles. The summed E-state index contributed by atoms with van der Waals surface area (Å²) >= 11 is 3.22. The predicted molar refractivity (Wildman–Crippen MR) is 115 cm³/mol. The summed E-state index contributed by atoms with van der Waals surface area (Å²) in [6.45, 7) is 5.08. The second kappa shape index (κ2) is 9.20. The van der Waals surface area contributed by atoms with E-state index >= 15 is 0 Å². The van der Waals surface area contributed by atoms with Gasteiger partial charge in [0.1, 0.15) is 11.6 Å². The molecule has 4 atom stereocenters. The molecule has 2 amide bonds. The fourth-order valence-corrected chi connectivity index (χ4v) is 5.07. The van der Waals surface area contributed by atoms with E-state index in [9.17, 15) is 27.9 Å². The number of ether oxygens (including phenoxy) is 1. The predicted octanol–water partition coefficient (Wildman–Crippen LogP) is 1.90. The lowest BCUT2D eigenvalue weighted by Gasteiger charge is -2.24. The normalized spacial score (nSPS) is 26.9. The molecule has 10 nitrogen and oxygen atoms in total. The molecule has 0 aromatic heterocycles. The number of carboxylic acid groups (broad SMARTS) is 1. The fourth-order valence-electron chi connectivity index (χ4n) is 3.73. The standard InChI is InChI=1S/C20H23BrN2O8S/c1-3-12-10-20(12,18(25)30-4-2)22-17(24)16-9-14(11-23(16)19(26)27)31-32(28,29)15-7-5-13(21)6-8-15/h3,5-8,12,14,16H,1,4,9-11H2,2H3,(H,22,24)(H,26,27)/t12-,14+,16+,20-/m1/s1. The van der Waals surface area contributed by atoms with E-state index in [0.717, 1.165) is 4.90 Å². The van der Waals surface area contributed by atoms with E-state index in [-0.39, 0.29) is 30.4 Å². The Labute approximate surface area is 193 Å². The quantitative estimate of drug-likeness (QED) is 0.295. The third kappa shape index (κ3) is 4.81. The van der Waals surface area contributed by atoms with Crippen LogP contribution in [0.4, 0.5) is 4.79 Å². The van der Waals surface area contributed by atoms with E-state index in [4.69, 9.17) is 8.92 Å². The fraction of sp³-hybridized carbons (Fsp3) is 0.450. The monoisotopic (exact) mass is 530 g/mol. The van der Waals surface area contributed by atoms with Gasteiger partial charge in [-0.2, -0.15) is 8.42 Å². The summed E-state index contributed by atoms with van der Waals surface area (Å²) in [5.74, 6) is -1.68. The first-order valence-electron chi connectivity index (χ1n) is 9.84. The maximum Gasteiger partial charge on any atom is 0.408 e. The number of benzene rings is 1. The Kier molecular flexibility index (Phi) is 6.96. The van der Waals surface area contributed by atoms with E-state index in [0.29, 0.717) is 10.9 Å². The lowest BCUT2D eigenvalue weighted by molar-refractivity contribution is -0.149. The zero-order chi connectivity index (χ0) is 23.7. The van der Waals surface area contributed by atoms with Crippen molar-refractivity contribution < 1.29 is 36.8 Å². The van der Waals surface area contributed by atoms with Crippen molar-refractivity contribution >= 4 is 44.0 Å². The molecule has 0 radical (unpaired) electrons. The number of carbonyl (C=O) groups is 3. The van der Waals surface area contributed by atoms with Gasteiger partial charge in [0.05, 0.1) is 24.2 Å². The molecule has 12 heteroatoms. The number of hydrogen-bond acceptors (Lipinski definition) is 7. The molecule has 1 heterocycles. The molecule has 0 bridgehead atoms. The summed E-state index contributed by atoms with van der Waals surface area (Å²) in [4.78, 5) is 37.7. The molecule has 1 aliphatic carbocycles. The second-order valence-corrected chi connectivity index (χ2v) is 10.0. The largest absolute Gasteiger partial charge is 0.465 e. The highest BCUT2D eigenvalue weighted by molar-refractivity contribution is 9.10. The van der Waals surface area contributed by atoms with Crippen LogP contribution in [0.5, 0.6) is 0 Å². The van der Waals surface area contributed by atoms with Gasteiger partial charge in [0.2, 0.25) is 5.91 Å². The number of likely N-dealkylation sites (tertiary alicyclic amines) is 1. The highest BCUT2D eigenvalue weighted by Gasteiger charge is 2.62. The van der Waals surface area contributed by atoms with Crippen LogP contribution >= 0.6 is 15.9 Å². The van der Waals surface area contributed by atoms with Crippen molar-refractivity contribution in [3.8, 4) is 0 Å². The molecule has 0 unspecified atom stereocenters. The van der Waals surface area contributed by atoms with E-state index in [1.54, 1.807) is 6.92 Å². The van der Waals surface area contributed by atoms with Crippen molar-refractivity contribution in [1.82, 2.24) is 10.2 Å². The average Bonchev–Trinajstić information content (AvgIpc) is 3.28. The number of hydrogen-bond donors (Lipinski definition) is 2. The SMILES string of the molecule is C=C[C@@H]1C[C@]1(NC(=O)[C@@H]1C[C@H](OS(=O)(=O)c2ccc(Br)cc2)CN1C(=O)O)C(=O)OCC. The summed E-state index contributed by atoms with van der Waals surface area (Å²) < 4.78 is 36.1. The van der Waals surface area contributed by atoms with Gasteiger partial charge >= 0.3 is 12.1 Å². The smallest absolute Gasteiger partial charge is 0.408 e. The number of carbonyl (C=O) groups excluding carboxylic acids is 2. The molecule has 174 valence electrons. The Morgan fingerprint density at radius 2 is 2.00 bits per heavy atom. The van der Waals surface area contributed by atoms with Gasteiger partial charge in [0.15, 0.2) is 0 Å². The lowest BCUT2D eigenvalue weighted by Crippen LogP contribution is -2.53. The number of esters is 1. The van der Waals surface area contributed by atoms with Crippen LogP contribution in [0.2, 0.25) is 0 Å². The summed E-state index contributed by atoms with van der Waals surface area (Å²) in [5, 5.41) is 12.1. The Morgan fingerprint density at radius 3 is 2.53 bits per heavy atom. The molecule has 32 heavy (non-hydrogen) atoms. The topological polar surface area (TPSA) is 139 Å². The molecule has 1 aromatic rings. The first kappa shape index (κ1) is 24.2. The first-order chi connectivity index (χ1) is 15.0. The van der Waals surface area contributed by atoms with Gasteiger partial charge in [0.25, 0.3) is 10.1 Å². The van der Waals surface area contributed by atoms with E-state index in [1.807, 2.05) is 0 Å². The van der Waals surface area contributed by atoms with Gasteiger partial charge in [-0.25, -0.2) is 9.59 Å². The van der Waals surface area contributed by atoms with Crippen LogP contribution in [0, 0.1) is 5.92 Å². The Morgan fingerprint density at radius 1 is 1.34 bits per heavy atom. The van der Waals surface area contributed by atoms with Crippen LogP contribution in [0.1, 0.15) is 19.8 Å². The van der Waals surface area contributed by atoms with Gasteiger partial charge in [-0.3, -0.25) is 13.9 Å². The van der Waals surface area contributed by atoms with Crippen LogP contribution < -0.4 is 5.32 Å². The van der Waals surface area contributed by atoms with Crippen molar-refractivity contribution in [3.05, 3.63) is 41.4 Å². The maximum atomic E-state index is 12.9. The third-order valence-electron chi connectivity index (χ3n) is 5.46. The minimum Gasteiger partial charge on any atom is -0.465 e. The van der Waals surface area contributed by atoms with Gasteiger partial charge in [-0.05, 0) is 37.6 Å². The lowest BCUT2D eigenvalue weighted by atomic mass is 10.1. The summed E-state index contributed by atoms with van der Waals surface area (Å²) in [6, 6.07) is 4.53. The molecule has 2 fully saturated rings. The zero-order valence-corrected chi connectivity index (χ0v) is 19.6. The van der Waals surface area contributed by atoms with Crippen LogP contribution in [0.25, 0.3) is 0 Å². The number of nitrogens with one attached hydrogen (secondary N) is 1. The minimum absolute atomic E-state index is 0.0939. The van der Waals surface area contributed by atoms with Crippen molar-refractivity contribution in [3.63, 3.8) is 0 Å². The molecular weight excluding hydrogens is 508 g/mol. The third-order valence-corrected chi connectivity index (χ3v) is 7.37. The van der Waals surface area contributed by atoms with Crippen molar-refractivity contribution in [2.24, 2.45) is 5.92 Å². The summed E-state index contributed by atoms with van der Waals surface area (Å²) in [7, 11) is -4.17. The zero-order valence-electron chi connectivity index (χ0n) is 17.2. The number of nitrogens with zero attached hydrogens (tertiary/aromatic N) is 1. The highest BCUT2D eigenvalue weighted by Crippen LogP contribution is 2.45. The van der Waals surface area contributed by atoms with Crippen LogP contribution in [0.3, 0.4) is 0 Å². The Balaban J connectivity index is 1.74. The van der Waals surface area contributed by atoms with E-state index < -0.39 is 45.8 Å². The van der Waals surface area contributed by atoms with Crippen molar-refractivity contribution in [2.75, 3.05) is 13.2 Å². The second-order valence-electron chi connectivity index (χ2n) is 7.54. The first-order valence-corrected chi connectivity index (χ1v) is 12.0. The molecule has 3 rings (SSSR count). The molecule has 1 aliphatic heterocycles. The molecular formula is C20H23BrN2O8S. The van der Waals surface area contributed by atoms with Gasteiger partial charge < -0.3 is 15.2 Å². The van der Waals surface area contributed by atoms with E-state index in [1.165, 1.54) is 30.3 Å². The van der Waals surface area contributed by atoms with Crippen molar-refractivity contribution in [2.45, 2.75) is 42.3 Å².